The highest BCUT2D eigenvalue weighted by Crippen LogP contribution is 1.87. The number of aliphatic hydroxyl groups is 1. The average molecular weight is 228 g/mol. The van der Waals surface area contributed by atoms with Crippen LogP contribution in [0.2, 0.25) is 0 Å². The van der Waals surface area contributed by atoms with E-state index in [4.69, 9.17) is 5.11 Å². The molecule has 0 bridgehead atoms. The van der Waals surface area contributed by atoms with Gasteiger partial charge >= 0.3 is 11.7 Å². The molecular formula is C9H12N2O5. The minimum Gasteiger partial charge on any atom is -0.462 e. The van der Waals surface area contributed by atoms with Crippen LogP contribution in [0, 0.1) is 6.92 Å². The lowest BCUT2D eigenvalue weighted by Crippen LogP contribution is -2.33. The summed E-state index contributed by atoms with van der Waals surface area (Å²) in [7, 11) is 0. The van der Waals surface area contributed by atoms with Gasteiger partial charge in [-0.25, -0.2) is 4.79 Å². The highest BCUT2D eigenvalue weighted by atomic mass is 16.5. The Balaban J connectivity index is 2.82. The van der Waals surface area contributed by atoms with Crippen molar-refractivity contribution in [1.29, 1.82) is 0 Å². The van der Waals surface area contributed by atoms with Crippen molar-refractivity contribution in [3.05, 3.63) is 32.6 Å². The third-order valence-electron chi connectivity index (χ3n) is 1.84. The van der Waals surface area contributed by atoms with Gasteiger partial charge in [0.05, 0.1) is 6.61 Å². The van der Waals surface area contributed by atoms with Crippen LogP contribution in [-0.4, -0.2) is 33.8 Å². The number of nitrogens with zero attached hydrogens (tertiary/aromatic N) is 1. The van der Waals surface area contributed by atoms with Crippen LogP contribution >= 0.6 is 0 Å². The van der Waals surface area contributed by atoms with E-state index in [-0.39, 0.29) is 19.8 Å². The van der Waals surface area contributed by atoms with Crippen molar-refractivity contribution < 1.29 is 14.6 Å². The van der Waals surface area contributed by atoms with Gasteiger partial charge < -0.3 is 9.84 Å². The first-order chi connectivity index (χ1) is 7.54. The molecule has 88 valence electrons. The molecule has 0 amide bonds. The van der Waals surface area contributed by atoms with E-state index in [1.54, 1.807) is 0 Å². The molecule has 1 aromatic rings. The first-order valence-electron chi connectivity index (χ1n) is 4.61. The molecule has 0 aliphatic carbocycles. The molecule has 0 aliphatic rings. The number of aromatic nitrogens is 2. The second-order valence-corrected chi connectivity index (χ2v) is 3.14. The monoisotopic (exact) mass is 228 g/mol. The standard InChI is InChI=1S/C9H12N2O5/c1-6-4-11(9(15)10-8(6)14)5-7(13)16-3-2-12/h4,12H,2-3,5H2,1H3,(H,10,14,15). The second-order valence-electron chi connectivity index (χ2n) is 3.14. The number of aromatic amines is 1. The number of nitrogens with one attached hydrogen (secondary N) is 1. The molecule has 0 radical (unpaired) electrons. The molecule has 1 heterocycles. The van der Waals surface area contributed by atoms with Crippen molar-refractivity contribution in [3.8, 4) is 0 Å². The first-order valence-corrected chi connectivity index (χ1v) is 4.61. The molecule has 1 aromatic heterocycles. The Morgan fingerprint density at radius 1 is 1.56 bits per heavy atom. The molecule has 2 N–H and O–H groups in total. The quantitative estimate of drug-likeness (QED) is 0.603. The summed E-state index contributed by atoms with van der Waals surface area (Å²) in [4.78, 5) is 35.5. The van der Waals surface area contributed by atoms with Crippen LogP contribution in [0.25, 0.3) is 0 Å². The van der Waals surface area contributed by atoms with Crippen LogP contribution in [0.5, 0.6) is 0 Å². The van der Waals surface area contributed by atoms with Gasteiger partial charge in [-0.05, 0) is 6.92 Å². The fourth-order valence-electron chi connectivity index (χ4n) is 1.08. The van der Waals surface area contributed by atoms with Crippen molar-refractivity contribution in [1.82, 2.24) is 9.55 Å². The summed E-state index contributed by atoms with van der Waals surface area (Å²) in [5, 5.41) is 8.42. The summed E-state index contributed by atoms with van der Waals surface area (Å²) in [6.45, 7) is 0.839. The molecule has 1 rings (SSSR count). The summed E-state index contributed by atoms with van der Waals surface area (Å²) < 4.78 is 5.62. The van der Waals surface area contributed by atoms with Gasteiger partial charge in [-0.3, -0.25) is 19.1 Å². The Bertz CT molecular complexity index is 487. The van der Waals surface area contributed by atoms with E-state index in [1.807, 2.05) is 0 Å². The van der Waals surface area contributed by atoms with Crippen molar-refractivity contribution >= 4 is 5.97 Å². The maximum Gasteiger partial charge on any atom is 0.328 e. The van der Waals surface area contributed by atoms with Crippen molar-refractivity contribution in [2.45, 2.75) is 13.5 Å². The van der Waals surface area contributed by atoms with E-state index in [0.29, 0.717) is 5.56 Å². The summed E-state index contributed by atoms with van der Waals surface area (Å²) in [6.07, 6.45) is 1.28. The number of carbonyl (C=O) groups is 1. The average Bonchev–Trinajstić information content (AvgIpc) is 2.23. The summed E-state index contributed by atoms with van der Waals surface area (Å²) in [5.41, 5.74) is -0.823. The van der Waals surface area contributed by atoms with Crippen molar-refractivity contribution in [2.24, 2.45) is 0 Å². The number of aryl methyl sites for hydroxylation is 1. The van der Waals surface area contributed by atoms with E-state index in [2.05, 4.69) is 9.72 Å². The first kappa shape index (κ1) is 12.2. The molecule has 0 fully saturated rings. The Labute approximate surface area is 90.3 Å². The lowest BCUT2D eigenvalue weighted by molar-refractivity contribution is -0.145. The van der Waals surface area contributed by atoms with Crippen LogP contribution in [0.15, 0.2) is 15.8 Å². The molecule has 0 spiro atoms. The molecule has 0 saturated heterocycles. The maximum absolute atomic E-state index is 11.3. The molecule has 0 unspecified atom stereocenters. The molecular weight excluding hydrogens is 216 g/mol. The minimum atomic E-state index is -0.670. The number of rotatable bonds is 4. The smallest absolute Gasteiger partial charge is 0.328 e. The van der Waals surface area contributed by atoms with Gasteiger partial charge in [0.2, 0.25) is 0 Å². The maximum atomic E-state index is 11.3. The summed E-state index contributed by atoms with van der Waals surface area (Å²) in [5.74, 6) is -0.650. The fraction of sp³-hybridized carbons (Fsp3) is 0.444. The number of hydrogen-bond acceptors (Lipinski definition) is 5. The molecule has 16 heavy (non-hydrogen) atoms. The third kappa shape index (κ3) is 3.06. The summed E-state index contributed by atoms with van der Waals surface area (Å²) in [6, 6.07) is 0. The van der Waals surface area contributed by atoms with Gasteiger partial charge in [-0.2, -0.15) is 0 Å². The predicted molar refractivity (Wildman–Crippen MR) is 54.1 cm³/mol. The van der Waals surface area contributed by atoms with Crippen molar-refractivity contribution in [3.63, 3.8) is 0 Å². The van der Waals surface area contributed by atoms with Gasteiger partial charge in [-0.1, -0.05) is 0 Å². The van der Waals surface area contributed by atoms with Gasteiger partial charge in [0.25, 0.3) is 5.56 Å². The number of esters is 1. The lowest BCUT2D eigenvalue weighted by atomic mass is 10.4. The Kier molecular flexibility index (Phi) is 4.01. The van der Waals surface area contributed by atoms with Gasteiger partial charge in [0.1, 0.15) is 13.2 Å². The van der Waals surface area contributed by atoms with Crippen LogP contribution in [0.3, 0.4) is 0 Å². The number of aliphatic hydroxyl groups excluding tert-OH is 1. The Morgan fingerprint density at radius 2 is 2.25 bits per heavy atom. The molecule has 0 atom stereocenters. The van der Waals surface area contributed by atoms with Crippen LogP contribution in [0.4, 0.5) is 0 Å². The third-order valence-corrected chi connectivity index (χ3v) is 1.84. The molecule has 0 aromatic carbocycles. The second kappa shape index (κ2) is 5.26. The zero-order chi connectivity index (χ0) is 12.1. The Hall–Kier alpha value is -1.89. The van der Waals surface area contributed by atoms with Gasteiger partial charge in [-0.15, -0.1) is 0 Å². The van der Waals surface area contributed by atoms with E-state index in [1.165, 1.54) is 13.1 Å². The lowest BCUT2D eigenvalue weighted by Gasteiger charge is -2.05. The van der Waals surface area contributed by atoms with E-state index >= 15 is 0 Å². The van der Waals surface area contributed by atoms with Crippen LogP contribution < -0.4 is 11.2 Å². The molecule has 7 heteroatoms. The fourth-order valence-corrected chi connectivity index (χ4v) is 1.08. The molecule has 7 nitrogen and oxygen atoms in total. The number of hydrogen-bond donors (Lipinski definition) is 2. The molecule has 0 aliphatic heterocycles. The zero-order valence-corrected chi connectivity index (χ0v) is 8.73. The number of ether oxygens (including phenoxy) is 1. The van der Waals surface area contributed by atoms with E-state index in [0.717, 1.165) is 4.57 Å². The van der Waals surface area contributed by atoms with E-state index < -0.39 is 17.2 Å². The van der Waals surface area contributed by atoms with Gasteiger partial charge in [0.15, 0.2) is 0 Å². The van der Waals surface area contributed by atoms with E-state index in [9.17, 15) is 14.4 Å². The van der Waals surface area contributed by atoms with Crippen LogP contribution in [0.1, 0.15) is 5.56 Å². The number of carbonyl (C=O) groups excluding carboxylic acids is 1. The minimum absolute atomic E-state index is 0.115. The van der Waals surface area contributed by atoms with Crippen LogP contribution in [-0.2, 0) is 16.1 Å². The largest absolute Gasteiger partial charge is 0.462 e. The SMILES string of the molecule is Cc1cn(CC(=O)OCCO)c(=O)[nH]c1=O. The highest BCUT2D eigenvalue weighted by Gasteiger charge is 2.07. The molecule has 0 saturated carbocycles. The zero-order valence-electron chi connectivity index (χ0n) is 8.73. The highest BCUT2D eigenvalue weighted by molar-refractivity contribution is 5.69. The Morgan fingerprint density at radius 3 is 2.88 bits per heavy atom. The normalized spacial score (nSPS) is 10.1. The van der Waals surface area contributed by atoms with Crippen molar-refractivity contribution in [2.75, 3.05) is 13.2 Å². The summed E-state index contributed by atoms with van der Waals surface area (Å²) >= 11 is 0. The predicted octanol–water partition coefficient (Wildman–Crippen LogP) is -1.62. The van der Waals surface area contributed by atoms with Gasteiger partial charge in [0, 0.05) is 11.8 Å². The number of H-pyrrole nitrogens is 1. The topological polar surface area (TPSA) is 101 Å².